The fraction of sp³-hybridized carbons (Fsp3) is 0.429. The first-order valence-electron chi connectivity index (χ1n) is 9.28. The molecule has 0 spiro atoms. The molecule has 0 amide bonds. The number of para-hydroxylation sites is 1. The Kier molecular flexibility index (Phi) is 7.17. The van der Waals surface area contributed by atoms with Crippen LogP contribution in [0.5, 0.6) is 0 Å². The number of hydrazine groups is 1. The first-order chi connectivity index (χ1) is 12.5. The first kappa shape index (κ1) is 20.4. The quantitative estimate of drug-likeness (QED) is 0.411. The van der Waals surface area contributed by atoms with Gasteiger partial charge in [0.05, 0.1) is 0 Å². The fourth-order valence-electron chi connectivity index (χ4n) is 3.65. The van der Waals surface area contributed by atoms with Crippen molar-refractivity contribution in [3.05, 3.63) is 65.7 Å². The fourth-order valence-corrected chi connectivity index (χ4v) is 3.65. The molecular weight excluding hydrogens is 322 g/mol. The minimum Gasteiger partial charge on any atom is -0.398 e. The highest BCUT2D eigenvalue weighted by molar-refractivity contribution is 5.50. The van der Waals surface area contributed by atoms with Crippen molar-refractivity contribution in [1.82, 2.24) is 20.2 Å². The average molecular weight is 356 g/mol. The molecule has 5 heteroatoms. The molecule has 0 saturated carbocycles. The van der Waals surface area contributed by atoms with Crippen molar-refractivity contribution in [1.29, 1.82) is 0 Å². The van der Waals surface area contributed by atoms with E-state index in [2.05, 4.69) is 84.6 Å². The molecule has 142 valence electrons. The Labute approximate surface area is 158 Å². The molecule has 2 aromatic carbocycles. The SMILES string of the molecule is CCN(CC)N(Cc1ccccc1)C(NC)(c1ccccc1N)N(C)C. The van der Waals surface area contributed by atoms with E-state index in [4.69, 9.17) is 5.73 Å². The van der Waals surface area contributed by atoms with Crippen molar-refractivity contribution < 1.29 is 0 Å². The van der Waals surface area contributed by atoms with Gasteiger partial charge >= 0.3 is 0 Å². The van der Waals surface area contributed by atoms with Gasteiger partial charge in [0.15, 0.2) is 5.79 Å². The van der Waals surface area contributed by atoms with Gasteiger partial charge in [-0.1, -0.05) is 62.4 Å². The summed E-state index contributed by atoms with van der Waals surface area (Å²) < 4.78 is 0. The summed E-state index contributed by atoms with van der Waals surface area (Å²) in [7, 11) is 6.17. The number of nitrogen functional groups attached to an aromatic ring is 1. The summed E-state index contributed by atoms with van der Waals surface area (Å²) >= 11 is 0. The van der Waals surface area contributed by atoms with E-state index in [9.17, 15) is 0 Å². The van der Waals surface area contributed by atoms with Gasteiger partial charge in [-0.3, -0.25) is 10.2 Å². The summed E-state index contributed by atoms with van der Waals surface area (Å²) in [6, 6.07) is 18.7. The Balaban J connectivity index is 2.63. The van der Waals surface area contributed by atoms with Crippen LogP contribution < -0.4 is 11.1 Å². The van der Waals surface area contributed by atoms with Gasteiger partial charge in [-0.15, -0.1) is 0 Å². The smallest absolute Gasteiger partial charge is 0.170 e. The Morgan fingerprint density at radius 1 is 0.923 bits per heavy atom. The molecule has 0 aromatic heterocycles. The summed E-state index contributed by atoms with van der Waals surface area (Å²) in [5, 5.41) is 8.31. The zero-order chi connectivity index (χ0) is 19.2. The van der Waals surface area contributed by atoms with Gasteiger partial charge < -0.3 is 5.73 Å². The number of nitrogens with zero attached hydrogens (tertiary/aromatic N) is 3. The van der Waals surface area contributed by atoms with Gasteiger partial charge in [0.1, 0.15) is 0 Å². The summed E-state index contributed by atoms with van der Waals surface area (Å²) in [4.78, 5) is 2.19. The van der Waals surface area contributed by atoms with Crippen LogP contribution in [0.4, 0.5) is 5.69 Å². The van der Waals surface area contributed by atoms with E-state index < -0.39 is 5.79 Å². The topological polar surface area (TPSA) is 47.8 Å². The third-order valence-electron chi connectivity index (χ3n) is 4.95. The Morgan fingerprint density at radius 3 is 2.00 bits per heavy atom. The molecule has 5 nitrogen and oxygen atoms in total. The number of hydrogen-bond donors (Lipinski definition) is 2. The third-order valence-corrected chi connectivity index (χ3v) is 4.95. The van der Waals surface area contributed by atoms with E-state index in [1.807, 2.05) is 25.2 Å². The molecule has 0 bridgehead atoms. The molecule has 0 saturated heterocycles. The molecule has 0 aliphatic heterocycles. The van der Waals surface area contributed by atoms with Crippen LogP contribution >= 0.6 is 0 Å². The molecule has 2 rings (SSSR count). The lowest BCUT2D eigenvalue weighted by atomic mass is 10.0. The predicted molar refractivity (Wildman–Crippen MR) is 110 cm³/mol. The second kappa shape index (κ2) is 9.14. The van der Waals surface area contributed by atoms with Gasteiger partial charge in [-0.2, -0.15) is 5.01 Å². The molecule has 0 aliphatic rings. The van der Waals surface area contributed by atoms with Crippen LogP contribution in [-0.4, -0.2) is 49.2 Å². The normalized spacial score (nSPS) is 14.2. The number of rotatable bonds is 9. The van der Waals surface area contributed by atoms with E-state index in [0.29, 0.717) is 0 Å². The maximum absolute atomic E-state index is 6.42. The molecule has 3 N–H and O–H groups in total. The second-order valence-corrected chi connectivity index (χ2v) is 6.59. The monoisotopic (exact) mass is 355 g/mol. The molecule has 0 aliphatic carbocycles. The Bertz CT molecular complexity index is 669. The van der Waals surface area contributed by atoms with E-state index in [-0.39, 0.29) is 0 Å². The number of nitrogens with two attached hydrogens (primary N) is 1. The lowest BCUT2D eigenvalue weighted by Crippen LogP contribution is -2.67. The molecule has 1 atom stereocenters. The predicted octanol–water partition coefficient (Wildman–Crippen LogP) is 2.92. The highest BCUT2D eigenvalue weighted by Crippen LogP contribution is 2.34. The minimum atomic E-state index is -0.562. The van der Waals surface area contributed by atoms with Crippen molar-refractivity contribution >= 4 is 5.69 Å². The summed E-state index contributed by atoms with van der Waals surface area (Å²) in [6.45, 7) is 6.97. The summed E-state index contributed by atoms with van der Waals surface area (Å²) in [5.41, 5.74) is 9.51. The lowest BCUT2D eigenvalue weighted by Gasteiger charge is -2.52. The van der Waals surface area contributed by atoms with Gasteiger partial charge in [-0.05, 0) is 32.8 Å². The largest absolute Gasteiger partial charge is 0.398 e. The van der Waals surface area contributed by atoms with Crippen molar-refractivity contribution in [2.24, 2.45) is 0 Å². The number of nitrogens with one attached hydrogen (secondary N) is 1. The van der Waals surface area contributed by atoms with Crippen LogP contribution in [0.2, 0.25) is 0 Å². The van der Waals surface area contributed by atoms with Crippen LogP contribution in [0, 0.1) is 0 Å². The Morgan fingerprint density at radius 2 is 1.50 bits per heavy atom. The molecule has 26 heavy (non-hydrogen) atoms. The molecule has 2 aromatic rings. The van der Waals surface area contributed by atoms with Crippen molar-refractivity contribution in [3.63, 3.8) is 0 Å². The van der Waals surface area contributed by atoms with Gasteiger partial charge in [0.2, 0.25) is 0 Å². The maximum Gasteiger partial charge on any atom is 0.170 e. The lowest BCUT2D eigenvalue weighted by molar-refractivity contribution is -0.190. The average Bonchev–Trinajstić information content (AvgIpc) is 2.65. The van der Waals surface area contributed by atoms with Crippen LogP contribution in [-0.2, 0) is 12.3 Å². The molecular formula is C21H33N5. The van der Waals surface area contributed by atoms with Crippen LogP contribution in [0.3, 0.4) is 0 Å². The highest BCUT2D eigenvalue weighted by Gasteiger charge is 2.43. The standard InChI is InChI=1S/C21H33N5/c1-6-25(7-2)26(17-18-13-9-8-10-14-18)21(23-3,24(4)5)19-15-11-12-16-20(19)22/h8-16,23H,6-7,17,22H2,1-5H3. The van der Waals surface area contributed by atoms with Crippen LogP contribution in [0.25, 0.3) is 0 Å². The third kappa shape index (κ3) is 3.91. The zero-order valence-electron chi connectivity index (χ0n) is 16.7. The van der Waals surface area contributed by atoms with E-state index in [1.165, 1.54) is 5.56 Å². The summed E-state index contributed by atoms with van der Waals surface area (Å²) in [6.07, 6.45) is 0. The molecule has 1 unspecified atom stereocenters. The van der Waals surface area contributed by atoms with Crippen LogP contribution in [0.15, 0.2) is 54.6 Å². The van der Waals surface area contributed by atoms with Gasteiger partial charge in [0, 0.05) is 30.9 Å². The van der Waals surface area contributed by atoms with Gasteiger partial charge in [-0.25, -0.2) is 5.01 Å². The van der Waals surface area contributed by atoms with Crippen molar-refractivity contribution in [2.45, 2.75) is 26.2 Å². The van der Waals surface area contributed by atoms with Crippen molar-refractivity contribution in [3.8, 4) is 0 Å². The van der Waals surface area contributed by atoms with E-state index in [1.54, 1.807) is 0 Å². The van der Waals surface area contributed by atoms with E-state index >= 15 is 0 Å². The minimum absolute atomic E-state index is 0.562. The van der Waals surface area contributed by atoms with Gasteiger partial charge in [0.25, 0.3) is 0 Å². The molecule has 0 fully saturated rings. The second-order valence-electron chi connectivity index (χ2n) is 6.59. The highest BCUT2D eigenvalue weighted by atomic mass is 15.7. The summed E-state index contributed by atoms with van der Waals surface area (Å²) in [5.74, 6) is -0.562. The zero-order valence-corrected chi connectivity index (χ0v) is 16.7. The Hall–Kier alpha value is -1.92. The number of anilines is 1. The molecule has 0 radical (unpaired) electrons. The van der Waals surface area contributed by atoms with E-state index in [0.717, 1.165) is 30.9 Å². The van der Waals surface area contributed by atoms with Crippen molar-refractivity contribution in [2.75, 3.05) is 40.0 Å². The number of benzene rings is 2. The first-order valence-corrected chi connectivity index (χ1v) is 9.28. The molecule has 0 heterocycles. The number of hydrogen-bond acceptors (Lipinski definition) is 5. The van der Waals surface area contributed by atoms with Crippen LogP contribution in [0.1, 0.15) is 25.0 Å². The maximum atomic E-state index is 6.42.